The maximum Gasteiger partial charge on any atom is 0.242 e. The van der Waals surface area contributed by atoms with Gasteiger partial charge >= 0.3 is 0 Å². The van der Waals surface area contributed by atoms with E-state index in [2.05, 4.69) is 57.0 Å². The van der Waals surface area contributed by atoms with E-state index >= 15 is 0 Å². The van der Waals surface area contributed by atoms with E-state index in [0.29, 0.717) is 4.90 Å². The highest BCUT2D eigenvalue weighted by Gasteiger charge is 2.23. The fourth-order valence-corrected chi connectivity index (χ4v) is 4.82. The van der Waals surface area contributed by atoms with Crippen LogP contribution in [0.25, 0.3) is 10.8 Å². The zero-order valence-corrected chi connectivity index (χ0v) is 16.8. The summed E-state index contributed by atoms with van der Waals surface area (Å²) in [5.41, 5.74) is 2.12. The second-order valence-corrected chi connectivity index (χ2v) is 8.93. The monoisotopic (exact) mass is 395 g/mol. The molecule has 1 saturated heterocycles. The Morgan fingerprint density at radius 3 is 2.32 bits per heavy atom. The van der Waals surface area contributed by atoms with Crippen molar-refractivity contribution in [3.8, 4) is 0 Å². The molecule has 3 aromatic carbocycles. The van der Waals surface area contributed by atoms with Crippen LogP contribution in [-0.4, -0.2) is 46.5 Å². The first-order chi connectivity index (χ1) is 13.6. The molecule has 0 amide bonds. The van der Waals surface area contributed by atoms with Crippen molar-refractivity contribution >= 4 is 26.5 Å². The van der Waals surface area contributed by atoms with E-state index < -0.39 is 10.0 Å². The molecular weight excluding hydrogens is 370 g/mol. The zero-order valence-electron chi connectivity index (χ0n) is 16.0. The molecule has 0 aliphatic carbocycles. The predicted molar refractivity (Wildman–Crippen MR) is 114 cm³/mol. The summed E-state index contributed by atoms with van der Waals surface area (Å²) in [6.45, 7) is 4.32. The average molecular weight is 396 g/mol. The molecular formula is C22H25N3O2S. The molecule has 28 heavy (non-hydrogen) atoms. The number of fused-ring (bicyclic) bond motifs is 1. The zero-order chi connectivity index (χ0) is 19.6. The molecule has 0 unspecified atom stereocenters. The maximum absolute atomic E-state index is 12.3. The van der Waals surface area contributed by atoms with Crippen LogP contribution in [-0.2, 0) is 16.6 Å². The van der Waals surface area contributed by atoms with Crippen LogP contribution < -0.4 is 9.62 Å². The van der Waals surface area contributed by atoms with Gasteiger partial charge in [0.1, 0.15) is 4.90 Å². The van der Waals surface area contributed by atoms with Crippen molar-refractivity contribution < 1.29 is 8.42 Å². The van der Waals surface area contributed by atoms with Gasteiger partial charge in [-0.25, -0.2) is 13.1 Å². The molecule has 4 rings (SSSR count). The topological polar surface area (TPSA) is 52.7 Å². The molecule has 0 spiro atoms. The maximum atomic E-state index is 12.3. The first-order valence-corrected chi connectivity index (χ1v) is 11.0. The largest absolute Gasteiger partial charge is 0.368 e. The van der Waals surface area contributed by atoms with E-state index in [0.717, 1.165) is 38.4 Å². The number of rotatable bonds is 5. The Bertz CT molecular complexity index is 1070. The van der Waals surface area contributed by atoms with Crippen LogP contribution in [0.15, 0.2) is 71.6 Å². The van der Waals surface area contributed by atoms with Crippen LogP contribution in [0, 0.1) is 0 Å². The van der Waals surface area contributed by atoms with Crippen LogP contribution in [0.5, 0.6) is 0 Å². The summed E-state index contributed by atoms with van der Waals surface area (Å²) in [5, 5.41) is 2.57. The number of para-hydroxylation sites is 1. The Morgan fingerprint density at radius 1 is 0.857 bits per heavy atom. The fraction of sp³-hybridized carbons (Fsp3) is 0.273. The van der Waals surface area contributed by atoms with Crippen LogP contribution in [0.1, 0.15) is 5.56 Å². The first kappa shape index (κ1) is 18.9. The van der Waals surface area contributed by atoms with Gasteiger partial charge in [-0.15, -0.1) is 0 Å². The summed E-state index contributed by atoms with van der Waals surface area (Å²) in [7, 11) is -2.02. The second kappa shape index (κ2) is 7.91. The summed E-state index contributed by atoms with van der Waals surface area (Å²) in [5.74, 6) is 0. The van der Waals surface area contributed by atoms with E-state index in [1.807, 2.05) is 12.1 Å². The van der Waals surface area contributed by atoms with Crippen molar-refractivity contribution in [1.29, 1.82) is 0 Å². The van der Waals surface area contributed by atoms with Crippen LogP contribution in [0.4, 0.5) is 5.69 Å². The van der Waals surface area contributed by atoms with Gasteiger partial charge in [-0.05, 0) is 35.5 Å². The van der Waals surface area contributed by atoms with Crippen LogP contribution in [0.3, 0.4) is 0 Å². The minimum absolute atomic E-state index is 0.347. The molecule has 1 aliphatic rings. The van der Waals surface area contributed by atoms with E-state index in [4.69, 9.17) is 0 Å². The SMILES string of the molecule is CNS(=O)(=O)c1ccccc1N1CCN(Cc2cccc3ccccc23)CC1. The highest BCUT2D eigenvalue weighted by molar-refractivity contribution is 7.89. The molecule has 0 radical (unpaired) electrons. The van der Waals surface area contributed by atoms with Gasteiger partial charge in [0.15, 0.2) is 0 Å². The molecule has 5 nitrogen and oxygen atoms in total. The lowest BCUT2D eigenvalue weighted by Crippen LogP contribution is -2.46. The molecule has 0 saturated carbocycles. The normalized spacial score (nSPS) is 15.8. The number of hydrogen-bond acceptors (Lipinski definition) is 4. The van der Waals surface area contributed by atoms with Crippen molar-refractivity contribution in [2.24, 2.45) is 0 Å². The third-order valence-electron chi connectivity index (χ3n) is 5.41. The van der Waals surface area contributed by atoms with E-state index in [9.17, 15) is 8.42 Å². The van der Waals surface area contributed by atoms with Crippen molar-refractivity contribution in [1.82, 2.24) is 9.62 Å². The van der Waals surface area contributed by atoms with Gasteiger partial charge in [-0.3, -0.25) is 4.90 Å². The number of nitrogens with zero attached hydrogens (tertiary/aromatic N) is 2. The summed E-state index contributed by atoms with van der Waals surface area (Å²) in [6.07, 6.45) is 0. The number of anilines is 1. The number of nitrogens with one attached hydrogen (secondary N) is 1. The Labute approximate surface area is 166 Å². The molecule has 0 atom stereocenters. The number of piperazine rings is 1. The van der Waals surface area contributed by atoms with Crippen molar-refractivity contribution in [2.45, 2.75) is 11.4 Å². The molecule has 0 aromatic heterocycles. The first-order valence-electron chi connectivity index (χ1n) is 9.55. The summed E-state index contributed by atoms with van der Waals surface area (Å²) in [6, 6.07) is 22.2. The van der Waals surface area contributed by atoms with Crippen molar-refractivity contribution in [3.05, 3.63) is 72.3 Å². The number of benzene rings is 3. The van der Waals surface area contributed by atoms with Gasteiger partial charge in [-0.2, -0.15) is 0 Å². The highest BCUT2D eigenvalue weighted by Crippen LogP contribution is 2.26. The third-order valence-corrected chi connectivity index (χ3v) is 6.87. The van der Waals surface area contributed by atoms with Gasteiger partial charge in [0.2, 0.25) is 10.0 Å². The molecule has 1 N–H and O–H groups in total. The number of hydrogen-bond donors (Lipinski definition) is 1. The average Bonchev–Trinajstić information content (AvgIpc) is 2.74. The van der Waals surface area contributed by atoms with E-state index in [1.54, 1.807) is 12.1 Å². The minimum atomic E-state index is -3.47. The quantitative estimate of drug-likeness (QED) is 0.721. The smallest absolute Gasteiger partial charge is 0.242 e. The van der Waals surface area contributed by atoms with Crippen LogP contribution in [0.2, 0.25) is 0 Å². The fourth-order valence-electron chi connectivity index (χ4n) is 3.87. The standard InChI is InChI=1S/C22H25N3O2S/c1-23-28(26,27)22-12-5-4-11-21(22)25-15-13-24(14-16-25)17-19-9-6-8-18-7-2-3-10-20(18)19/h2-12,23H,13-17H2,1H3. The molecule has 1 aliphatic heterocycles. The van der Waals surface area contributed by atoms with Gasteiger partial charge in [0.25, 0.3) is 0 Å². The number of sulfonamides is 1. The Balaban J connectivity index is 1.49. The van der Waals surface area contributed by atoms with Crippen molar-refractivity contribution in [3.63, 3.8) is 0 Å². The van der Waals surface area contributed by atoms with Gasteiger partial charge in [0.05, 0.1) is 5.69 Å². The minimum Gasteiger partial charge on any atom is -0.368 e. The highest BCUT2D eigenvalue weighted by atomic mass is 32.2. The molecule has 1 heterocycles. The Kier molecular flexibility index (Phi) is 5.35. The van der Waals surface area contributed by atoms with Gasteiger partial charge in [0, 0.05) is 32.7 Å². The molecule has 0 bridgehead atoms. The Hall–Kier alpha value is -2.41. The summed E-state index contributed by atoms with van der Waals surface area (Å²) >= 11 is 0. The van der Waals surface area contributed by atoms with Gasteiger partial charge < -0.3 is 4.90 Å². The third kappa shape index (κ3) is 3.76. The van der Waals surface area contributed by atoms with Crippen molar-refractivity contribution in [2.75, 3.05) is 38.1 Å². The molecule has 146 valence electrons. The van der Waals surface area contributed by atoms with Crippen LogP contribution >= 0.6 is 0 Å². The lowest BCUT2D eigenvalue weighted by atomic mass is 10.0. The summed E-state index contributed by atoms with van der Waals surface area (Å²) in [4.78, 5) is 4.96. The second-order valence-electron chi connectivity index (χ2n) is 7.08. The lowest BCUT2D eigenvalue weighted by Gasteiger charge is -2.37. The lowest BCUT2D eigenvalue weighted by molar-refractivity contribution is 0.250. The summed E-state index contributed by atoms with van der Waals surface area (Å²) < 4.78 is 27.1. The van der Waals surface area contributed by atoms with E-state index in [-0.39, 0.29) is 0 Å². The van der Waals surface area contributed by atoms with Gasteiger partial charge in [-0.1, -0.05) is 54.6 Å². The molecule has 3 aromatic rings. The predicted octanol–water partition coefficient (Wildman–Crippen LogP) is 3.07. The molecule has 1 fully saturated rings. The Morgan fingerprint density at radius 2 is 1.54 bits per heavy atom. The molecule has 6 heteroatoms. The van der Waals surface area contributed by atoms with E-state index in [1.165, 1.54) is 23.4 Å².